The Morgan fingerprint density at radius 3 is 2.72 bits per heavy atom. The van der Waals surface area contributed by atoms with Gasteiger partial charge in [-0.05, 0) is 47.3 Å². The molecule has 0 bridgehead atoms. The molecule has 1 rings (SSSR count). The topological polar surface area (TPSA) is 49.3 Å². The highest BCUT2D eigenvalue weighted by Crippen LogP contribution is 2.20. The van der Waals surface area contributed by atoms with Gasteiger partial charge in [0.25, 0.3) is 5.91 Å². The zero-order valence-corrected chi connectivity index (χ0v) is 12.3. The van der Waals surface area contributed by atoms with Gasteiger partial charge in [0.1, 0.15) is 0 Å². The van der Waals surface area contributed by atoms with Crippen LogP contribution in [0.4, 0.5) is 0 Å². The minimum atomic E-state index is -0.0345. The van der Waals surface area contributed by atoms with Crippen molar-refractivity contribution in [1.29, 1.82) is 0 Å². The van der Waals surface area contributed by atoms with Gasteiger partial charge in [-0.2, -0.15) is 0 Å². The second kappa shape index (κ2) is 8.27. The second-order valence-corrected chi connectivity index (χ2v) is 5.12. The first-order chi connectivity index (χ1) is 8.66. The zero-order chi connectivity index (χ0) is 13.4. The Hall–Kier alpha value is -0.870. The van der Waals surface area contributed by atoms with E-state index in [9.17, 15) is 4.79 Å². The Morgan fingerprint density at radius 1 is 1.28 bits per heavy atom. The summed E-state index contributed by atoms with van der Waals surface area (Å²) in [5.41, 5.74) is 1.75. The summed E-state index contributed by atoms with van der Waals surface area (Å²) >= 11 is 3.44. The van der Waals surface area contributed by atoms with E-state index in [0.717, 1.165) is 35.7 Å². The number of benzene rings is 1. The highest BCUT2D eigenvalue weighted by Gasteiger charge is 2.10. The summed E-state index contributed by atoms with van der Waals surface area (Å²) < 4.78 is 0.864. The fourth-order valence-corrected chi connectivity index (χ4v) is 2.15. The van der Waals surface area contributed by atoms with E-state index in [1.54, 1.807) is 0 Å². The minimum absolute atomic E-state index is 0.0345. The highest BCUT2D eigenvalue weighted by atomic mass is 79.9. The lowest BCUT2D eigenvalue weighted by Crippen LogP contribution is -2.24. The summed E-state index contributed by atoms with van der Waals surface area (Å²) in [6.07, 6.45) is 3.85. The van der Waals surface area contributed by atoms with Gasteiger partial charge in [-0.25, -0.2) is 0 Å². The number of aryl methyl sites for hydroxylation is 1. The lowest BCUT2D eigenvalue weighted by Gasteiger charge is -2.08. The zero-order valence-electron chi connectivity index (χ0n) is 10.7. The molecule has 1 amide bonds. The summed E-state index contributed by atoms with van der Waals surface area (Å²) in [6, 6.07) is 5.67. The van der Waals surface area contributed by atoms with E-state index in [2.05, 4.69) is 21.2 Å². The van der Waals surface area contributed by atoms with Crippen molar-refractivity contribution < 1.29 is 9.90 Å². The molecule has 0 aliphatic rings. The van der Waals surface area contributed by atoms with Gasteiger partial charge >= 0.3 is 0 Å². The molecule has 0 radical (unpaired) electrons. The predicted molar refractivity (Wildman–Crippen MR) is 76.8 cm³/mol. The largest absolute Gasteiger partial charge is 0.396 e. The molecule has 0 unspecified atom stereocenters. The molecule has 4 heteroatoms. The maximum absolute atomic E-state index is 11.9. The molecule has 0 saturated heterocycles. The smallest absolute Gasteiger partial charge is 0.252 e. The third kappa shape index (κ3) is 4.78. The molecular formula is C14H20BrNO2. The number of carbonyl (C=O) groups excluding carboxylic acids is 1. The quantitative estimate of drug-likeness (QED) is 0.760. The van der Waals surface area contributed by atoms with Crippen LogP contribution in [-0.2, 0) is 0 Å². The first-order valence-electron chi connectivity index (χ1n) is 6.31. The molecule has 1 aromatic rings. The number of nitrogens with one attached hydrogen (secondary N) is 1. The molecule has 3 nitrogen and oxygen atoms in total. The monoisotopic (exact) mass is 313 g/mol. The van der Waals surface area contributed by atoms with Gasteiger partial charge < -0.3 is 10.4 Å². The minimum Gasteiger partial charge on any atom is -0.396 e. The van der Waals surface area contributed by atoms with Crippen molar-refractivity contribution in [2.45, 2.75) is 32.6 Å². The molecule has 0 aliphatic heterocycles. The van der Waals surface area contributed by atoms with Crippen molar-refractivity contribution in [3.05, 3.63) is 33.8 Å². The first-order valence-corrected chi connectivity index (χ1v) is 7.10. The summed E-state index contributed by atoms with van der Waals surface area (Å²) in [5.74, 6) is -0.0345. The van der Waals surface area contributed by atoms with Crippen LogP contribution < -0.4 is 5.32 Å². The number of hydrogen-bond acceptors (Lipinski definition) is 2. The second-order valence-electron chi connectivity index (χ2n) is 4.33. The first kappa shape index (κ1) is 15.2. The van der Waals surface area contributed by atoms with Crippen molar-refractivity contribution in [1.82, 2.24) is 5.32 Å². The molecule has 18 heavy (non-hydrogen) atoms. The Balaban J connectivity index is 2.35. The molecule has 0 atom stereocenters. The summed E-state index contributed by atoms with van der Waals surface area (Å²) in [4.78, 5) is 11.9. The molecular weight excluding hydrogens is 294 g/mol. The van der Waals surface area contributed by atoms with Crippen molar-refractivity contribution in [2.24, 2.45) is 0 Å². The Morgan fingerprint density at radius 2 is 2.00 bits per heavy atom. The third-order valence-corrected chi connectivity index (χ3v) is 3.86. The van der Waals surface area contributed by atoms with Crippen LogP contribution in [0.25, 0.3) is 0 Å². The van der Waals surface area contributed by atoms with Crippen LogP contribution in [0.1, 0.15) is 41.6 Å². The van der Waals surface area contributed by atoms with Crippen LogP contribution >= 0.6 is 15.9 Å². The maximum Gasteiger partial charge on any atom is 0.252 e. The number of hydrogen-bond donors (Lipinski definition) is 2. The van der Waals surface area contributed by atoms with Crippen LogP contribution in [0, 0.1) is 6.92 Å². The van der Waals surface area contributed by atoms with Gasteiger partial charge in [-0.3, -0.25) is 4.79 Å². The Bertz CT molecular complexity index is 393. The van der Waals surface area contributed by atoms with Crippen molar-refractivity contribution in [3.63, 3.8) is 0 Å². The SMILES string of the molecule is Cc1cccc(C(=O)NCCCCCCO)c1Br. The Labute approximate surface area is 117 Å². The molecule has 0 aliphatic carbocycles. The van der Waals surface area contributed by atoms with E-state index in [1.165, 1.54) is 0 Å². The number of unbranched alkanes of at least 4 members (excludes halogenated alkanes) is 3. The van der Waals surface area contributed by atoms with E-state index in [4.69, 9.17) is 5.11 Å². The number of rotatable bonds is 7. The van der Waals surface area contributed by atoms with Gasteiger partial charge in [-0.15, -0.1) is 0 Å². The molecule has 0 fully saturated rings. The lowest BCUT2D eigenvalue weighted by molar-refractivity contribution is 0.0952. The fourth-order valence-electron chi connectivity index (χ4n) is 1.71. The normalized spacial score (nSPS) is 10.4. The van der Waals surface area contributed by atoms with Gasteiger partial charge in [0.2, 0.25) is 0 Å². The highest BCUT2D eigenvalue weighted by molar-refractivity contribution is 9.10. The maximum atomic E-state index is 11.9. The average Bonchev–Trinajstić information content (AvgIpc) is 2.36. The average molecular weight is 314 g/mol. The third-order valence-electron chi connectivity index (χ3n) is 2.81. The number of carbonyl (C=O) groups is 1. The molecule has 0 aromatic heterocycles. The van der Waals surface area contributed by atoms with Crippen molar-refractivity contribution in [2.75, 3.05) is 13.2 Å². The van der Waals surface area contributed by atoms with Gasteiger partial charge in [0.05, 0.1) is 5.56 Å². The van der Waals surface area contributed by atoms with E-state index in [1.807, 2.05) is 25.1 Å². The van der Waals surface area contributed by atoms with E-state index in [0.29, 0.717) is 12.1 Å². The van der Waals surface area contributed by atoms with Crippen molar-refractivity contribution in [3.8, 4) is 0 Å². The van der Waals surface area contributed by atoms with E-state index >= 15 is 0 Å². The lowest BCUT2D eigenvalue weighted by atomic mass is 10.1. The van der Waals surface area contributed by atoms with Gasteiger partial charge in [0, 0.05) is 17.6 Å². The number of amides is 1. The summed E-state index contributed by atoms with van der Waals surface area (Å²) in [5, 5.41) is 11.6. The molecule has 2 N–H and O–H groups in total. The molecule has 0 spiro atoms. The number of aliphatic hydroxyl groups is 1. The number of halogens is 1. The van der Waals surface area contributed by atoms with Crippen LogP contribution in [0.5, 0.6) is 0 Å². The standard InChI is InChI=1S/C14H20BrNO2/c1-11-7-6-8-12(13(11)15)14(18)16-9-4-2-3-5-10-17/h6-8,17H,2-5,9-10H2,1H3,(H,16,18). The summed E-state index contributed by atoms with van der Waals surface area (Å²) in [6.45, 7) is 2.91. The van der Waals surface area contributed by atoms with Gasteiger partial charge in [-0.1, -0.05) is 25.0 Å². The fraction of sp³-hybridized carbons (Fsp3) is 0.500. The molecule has 0 saturated carbocycles. The van der Waals surface area contributed by atoms with E-state index < -0.39 is 0 Å². The summed E-state index contributed by atoms with van der Waals surface area (Å²) in [7, 11) is 0. The van der Waals surface area contributed by atoms with E-state index in [-0.39, 0.29) is 12.5 Å². The molecule has 0 heterocycles. The molecule has 100 valence electrons. The van der Waals surface area contributed by atoms with Crippen LogP contribution in [0.2, 0.25) is 0 Å². The van der Waals surface area contributed by atoms with Gasteiger partial charge in [0.15, 0.2) is 0 Å². The number of aliphatic hydroxyl groups excluding tert-OH is 1. The van der Waals surface area contributed by atoms with Crippen molar-refractivity contribution >= 4 is 21.8 Å². The van der Waals surface area contributed by atoms with Crippen LogP contribution in [0.15, 0.2) is 22.7 Å². The van der Waals surface area contributed by atoms with Crippen LogP contribution in [0.3, 0.4) is 0 Å². The predicted octanol–water partition coefficient (Wildman–Crippen LogP) is 3.04. The Kier molecular flexibility index (Phi) is 6.98. The van der Waals surface area contributed by atoms with Crippen LogP contribution in [-0.4, -0.2) is 24.2 Å². The molecule has 1 aromatic carbocycles.